The standard InChI is InChI=1S/C27H32O2/c1-3-7-22-24(29)16-27(2)13-12-21-20-11-10-19(28)14-18(20)15-23(25(21)26(22)27)17-8-5-4-6-9-17/h3-6,8-11,14,21-26,28-29H,1,7,12-13,15-16H2,2H3/t21-,22+,23+,24+,25+,26+,27-/m1/s1. The van der Waals surface area contributed by atoms with Gasteiger partial charge < -0.3 is 10.2 Å². The fourth-order valence-electron chi connectivity index (χ4n) is 7.40. The third-order valence-corrected chi connectivity index (χ3v) is 8.44. The zero-order chi connectivity index (χ0) is 20.2. The molecule has 2 N–H and O–H groups in total. The SMILES string of the molecule is C=CC[C@@H]1[C@H]2[C@H]3[C@H](CC[C@]2(C)C[C@@H]1O)c1ccc(O)cc1C[C@H]3c1ccccc1. The molecule has 2 aromatic rings. The molecule has 3 aliphatic rings. The first-order chi connectivity index (χ1) is 14.0. The first-order valence-electron chi connectivity index (χ1n) is 11.2. The van der Waals surface area contributed by atoms with Crippen molar-refractivity contribution in [3.05, 3.63) is 77.9 Å². The molecule has 152 valence electrons. The summed E-state index contributed by atoms with van der Waals surface area (Å²) in [5, 5.41) is 21.1. The van der Waals surface area contributed by atoms with Crippen LogP contribution < -0.4 is 0 Å². The van der Waals surface area contributed by atoms with E-state index in [2.05, 4.69) is 49.9 Å². The van der Waals surface area contributed by atoms with Crippen molar-refractivity contribution >= 4 is 0 Å². The Bertz CT molecular complexity index is 904. The Hall–Kier alpha value is -2.06. The van der Waals surface area contributed by atoms with Crippen molar-refractivity contribution in [2.45, 2.75) is 57.0 Å². The number of allylic oxidation sites excluding steroid dienone is 1. The van der Waals surface area contributed by atoms with Gasteiger partial charge in [0.15, 0.2) is 0 Å². The number of fused-ring (bicyclic) bond motifs is 5. The molecule has 0 saturated heterocycles. The fraction of sp³-hybridized carbons (Fsp3) is 0.481. The third kappa shape index (κ3) is 2.95. The normalized spacial score (nSPS) is 38.0. The van der Waals surface area contributed by atoms with Crippen molar-refractivity contribution < 1.29 is 10.2 Å². The minimum Gasteiger partial charge on any atom is -0.508 e. The van der Waals surface area contributed by atoms with Crippen LogP contribution in [0.5, 0.6) is 5.75 Å². The molecule has 7 atom stereocenters. The highest BCUT2D eigenvalue weighted by atomic mass is 16.3. The zero-order valence-corrected chi connectivity index (χ0v) is 17.3. The molecule has 2 saturated carbocycles. The molecule has 29 heavy (non-hydrogen) atoms. The van der Waals surface area contributed by atoms with Crippen molar-refractivity contribution in [3.8, 4) is 5.75 Å². The van der Waals surface area contributed by atoms with Gasteiger partial charge in [-0.3, -0.25) is 0 Å². The van der Waals surface area contributed by atoms with E-state index in [0.29, 0.717) is 35.3 Å². The van der Waals surface area contributed by atoms with Gasteiger partial charge in [0.25, 0.3) is 0 Å². The summed E-state index contributed by atoms with van der Waals surface area (Å²) in [4.78, 5) is 0. The number of aromatic hydroxyl groups is 1. The summed E-state index contributed by atoms with van der Waals surface area (Å²) < 4.78 is 0. The van der Waals surface area contributed by atoms with Gasteiger partial charge in [-0.15, -0.1) is 6.58 Å². The average Bonchev–Trinajstić information content (AvgIpc) is 2.97. The summed E-state index contributed by atoms with van der Waals surface area (Å²) >= 11 is 0. The molecule has 0 spiro atoms. The van der Waals surface area contributed by atoms with E-state index in [-0.39, 0.29) is 11.5 Å². The summed E-state index contributed by atoms with van der Waals surface area (Å²) in [5.41, 5.74) is 4.35. The third-order valence-electron chi connectivity index (χ3n) is 8.44. The van der Waals surface area contributed by atoms with Gasteiger partial charge in [0.2, 0.25) is 0 Å². The van der Waals surface area contributed by atoms with E-state index in [4.69, 9.17) is 0 Å². The Balaban J connectivity index is 1.66. The summed E-state index contributed by atoms with van der Waals surface area (Å²) in [6.07, 6.45) is 6.92. The van der Waals surface area contributed by atoms with E-state index in [1.165, 1.54) is 29.5 Å². The lowest BCUT2D eigenvalue weighted by molar-refractivity contribution is 0.0187. The van der Waals surface area contributed by atoms with Gasteiger partial charge in [0, 0.05) is 0 Å². The molecular weight excluding hydrogens is 356 g/mol. The van der Waals surface area contributed by atoms with Crippen LogP contribution in [0.4, 0.5) is 0 Å². The van der Waals surface area contributed by atoms with Crippen LogP contribution in [0, 0.1) is 23.2 Å². The number of aliphatic hydroxyl groups is 1. The number of hydrogen-bond donors (Lipinski definition) is 2. The Morgan fingerprint density at radius 3 is 2.69 bits per heavy atom. The monoisotopic (exact) mass is 388 g/mol. The molecule has 2 heteroatoms. The maximum Gasteiger partial charge on any atom is 0.115 e. The number of hydrogen-bond acceptors (Lipinski definition) is 2. The van der Waals surface area contributed by atoms with E-state index < -0.39 is 0 Å². The van der Waals surface area contributed by atoms with Crippen molar-refractivity contribution in [2.75, 3.05) is 0 Å². The van der Waals surface area contributed by atoms with Crippen LogP contribution in [0.25, 0.3) is 0 Å². The lowest BCUT2D eigenvalue weighted by atomic mass is 9.50. The lowest BCUT2D eigenvalue weighted by Crippen LogP contribution is -2.45. The largest absolute Gasteiger partial charge is 0.508 e. The summed E-state index contributed by atoms with van der Waals surface area (Å²) in [6, 6.07) is 16.9. The minimum atomic E-state index is -0.223. The van der Waals surface area contributed by atoms with Crippen LogP contribution in [0.15, 0.2) is 61.2 Å². The van der Waals surface area contributed by atoms with Gasteiger partial charge in [-0.1, -0.05) is 49.4 Å². The summed E-state index contributed by atoms with van der Waals surface area (Å²) in [5.74, 6) is 2.63. The van der Waals surface area contributed by atoms with Gasteiger partial charge >= 0.3 is 0 Å². The molecule has 2 fully saturated rings. The number of phenols is 1. The Labute approximate surface area is 174 Å². The molecule has 0 aliphatic heterocycles. The second kappa shape index (κ2) is 7.02. The van der Waals surface area contributed by atoms with Crippen LogP contribution in [-0.2, 0) is 6.42 Å². The number of aliphatic hydroxyl groups excluding tert-OH is 1. The molecule has 0 amide bonds. The van der Waals surface area contributed by atoms with Crippen LogP contribution in [0.2, 0.25) is 0 Å². The Morgan fingerprint density at radius 1 is 1.14 bits per heavy atom. The van der Waals surface area contributed by atoms with Crippen molar-refractivity contribution in [1.82, 2.24) is 0 Å². The van der Waals surface area contributed by atoms with Crippen molar-refractivity contribution in [2.24, 2.45) is 23.2 Å². The first kappa shape index (κ1) is 18.9. The molecule has 0 unspecified atom stereocenters. The molecular formula is C27H32O2. The molecule has 0 radical (unpaired) electrons. The molecule has 3 aliphatic carbocycles. The predicted octanol–water partition coefficient (Wildman–Crippen LogP) is 5.81. The van der Waals surface area contributed by atoms with E-state index in [1.54, 1.807) is 0 Å². The van der Waals surface area contributed by atoms with Gasteiger partial charge in [0.05, 0.1) is 6.10 Å². The lowest BCUT2D eigenvalue weighted by Gasteiger charge is -2.53. The number of benzene rings is 2. The molecule has 2 nitrogen and oxygen atoms in total. The van der Waals surface area contributed by atoms with Crippen LogP contribution in [-0.4, -0.2) is 16.3 Å². The summed E-state index contributed by atoms with van der Waals surface area (Å²) in [6.45, 7) is 6.43. The smallest absolute Gasteiger partial charge is 0.115 e. The highest BCUT2D eigenvalue weighted by Gasteiger charge is 2.59. The van der Waals surface area contributed by atoms with Gasteiger partial charge in [-0.2, -0.15) is 0 Å². The van der Waals surface area contributed by atoms with E-state index >= 15 is 0 Å². The average molecular weight is 389 g/mol. The van der Waals surface area contributed by atoms with Gasteiger partial charge in [-0.05, 0) is 95.9 Å². The van der Waals surface area contributed by atoms with Crippen molar-refractivity contribution in [3.63, 3.8) is 0 Å². The maximum absolute atomic E-state index is 11.0. The topological polar surface area (TPSA) is 40.5 Å². The Morgan fingerprint density at radius 2 is 1.93 bits per heavy atom. The molecule has 2 aromatic carbocycles. The first-order valence-corrected chi connectivity index (χ1v) is 11.2. The van der Waals surface area contributed by atoms with Gasteiger partial charge in [0.1, 0.15) is 5.75 Å². The summed E-state index contributed by atoms with van der Waals surface area (Å²) in [7, 11) is 0. The van der Waals surface area contributed by atoms with E-state index in [9.17, 15) is 10.2 Å². The molecule has 5 rings (SSSR count). The Kier molecular flexibility index (Phi) is 4.58. The van der Waals surface area contributed by atoms with E-state index in [1.807, 2.05) is 18.2 Å². The van der Waals surface area contributed by atoms with E-state index in [0.717, 1.165) is 19.3 Å². The highest BCUT2D eigenvalue weighted by Crippen LogP contribution is 2.65. The quantitative estimate of drug-likeness (QED) is 0.652. The van der Waals surface area contributed by atoms with Crippen LogP contribution in [0.3, 0.4) is 0 Å². The number of phenolic OH excluding ortho intramolecular Hbond substituents is 1. The second-order valence-electron chi connectivity index (χ2n) is 9.97. The van der Waals surface area contributed by atoms with Gasteiger partial charge in [-0.25, -0.2) is 0 Å². The minimum absolute atomic E-state index is 0.204. The number of rotatable bonds is 3. The second-order valence-corrected chi connectivity index (χ2v) is 9.97. The molecule has 0 aromatic heterocycles. The van der Waals surface area contributed by atoms with Crippen LogP contribution >= 0.6 is 0 Å². The molecule has 0 bridgehead atoms. The maximum atomic E-state index is 11.0. The fourth-order valence-corrected chi connectivity index (χ4v) is 7.40. The highest BCUT2D eigenvalue weighted by molar-refractivity contribution is 5.43. The zero-order valence-electron chi connectivity index (χ0n) is 17.3. The predicted molar refractivity (Wildman–Crippen MR) is 117 cm³/mol. The van der Waals surface area contributed by atoms with Crippen molar-refractivity contribution in [1.29, 1.82) is 0 Å². The molecule has 0 heterocycles. The van der Waals surface area contributed by atoms with Crippen LogP contribution in [0.1, 0.15) is 61.1 Å².